The Kier molecular flexibility index (Phi) is 5.78. The Morgan fingerprint density at radius 3 is 2.34 bits per heavy atom. The number of aromatic nitrogens is 2. The maximum Gasteiger partial charge on any atom is 0.278 e. The molecule has 1 heterocycles. The van der Waals surface area contributed by atoms with Crippen LogP contribution in [0.1, 0.15) is 50.2 Å². The maximum atomic E-state index is 12.9. The van der Waals surface area contributed by atoms with Crippen LogP contribution in [0.25, 0.3) is 0 Å². The molecule has 0 radical (unpaired) electrons. The highest BCUT2D eigenvalue weighted by Crippen LogP contribution is 2.19. The van der Waals surface area contributed by atoms with Crippen molar-refractivity contribution >= 4 is 17.5 Å². The van der Waals surface area contributed by atoms with Crippen LogP contribution in [0.2, 0.25) is 0 Å². The molecule has 3 rings (SSSR count). The predicted molar refractivity (Wildman–Crippen MR) is 116 cm³/mol. The first-order valence-electron chi connectivity index (χ1n) is 9.48. The molecule has 29 heavy (non-hydrogen) atoms. The number of rotatable bonds is 5. The summed E-state index contributed by atoms with van der Waals surface area (Å²) in [6, 6.07) is 14.2. The summed E-state index contributed by atoms with van der Waals surface area (Å²) in [7, 11) is 0. The number of amides is 1. The van der Waals surface area contributed by atoms with E-state index in [1.54, 1.807) is 30.3 Å². The number of hydrogen-bond donors (Lipinski definition) is 1. The van der Waals surface area contributed by atoms with Gasteiger partial charge in [0, 0.05) is 28.1 Å². The van der Waals surface area contributed by atoms with Gasteiger partial charge in [-0.2, -0.15) is 5.10 Å². The van der Waals surface area contributed by atoms with E-state index in [-0.39, 0.29) is 11.8 Å². The molecule has 1 N–H and O–H groups in total. The molecule has 0 aliphatic carbocycles. The summed E-state index contributed by atoms with van der Waals surface area (Å²) in [4.78, 5) is 25.3. The van der Waals surface area contributed by atoms with Crippen LogP contribution in [0.5, 0.6) is 0 Å². The zero-order valence-corrected chi connectivity index (χ0v) is 17.2. The molecule has 0 aliphatic heterocycles. The molecule has 0 spiro atoms. The lowest BCUT2D eigenvalue weighted by molar-refractivity contribution is 0.0941. The largest absolute Gasteiger partial charge is 0.322 e. The molecule has 0 bridgehead atoms. The number of allylic oxidation sites excluding steroid dienone is 1. The summed E-state index contributed by atoms with van der Waals surface area (Å²) in [6.45, 7) is 11.6. The molecule has 0 aliphatic rings. The molecule has 0 unspecified atom stereocenters. The zero-order valence-electron chi connectivity index (χ0n) is 17.2. The Bertz CT molecular complexity index is 1090. The second-order valence-electron chi connectivity index (χ2n) is 7.40. The van der Waals surface area contributed by atoms with Crippen molar-refractivity contribution in [3.05, 3.63) is 94.3 Å². The fraction of sp³-hybridized carbons (Fsp3) is 0.208. The van der Waals surface area contributed by atoms with Crippen molar-refractivity contribution in [2.45, 2.75) is 34.1 Å². The zero-order chi connectivity index (χ0) is 21.1. The first-order valence-corrected chi connectivity index (χ1v) is 9.48. The smallest absolute Gasteiger partial charge is 0.278 e. The number of nitrogens with zero attached hydrogens (tertiary/aromatic N) is 2. The molecule has 5 heteroatoms. The number of aryl methyl sites for hydroxylation is 2. The minimum absolute atomic E-state index is 0.184. The van der Waals surface area contributed by atoms with Gasteiger partial charge in [0.15, 0.2) is 0 Å². The van der Waals surface area contributed by atoms with Gasteiger partial charge >= 0.3 is 0 Å². The topological polar surface area (TPSA) is 64.0 Å². The number of anilines is 1. The molecular weight excluding hydrogens is 362 g/mol. The molecule has 0 saturated heterocycles. The molecule has 5 nitrogen and oxygen atoms in total. The fourth-order valence-corrected chi connectivity index (χ4v) is 3.24. The van der Waals surface area contributed by atoms with Crippen molar-refractivity contribution in [1.29, 1.82) is 0 Å². The van der Waals surface area contributed by atoms with Crippen LogP contribution < -0.4 is 5.32 Å². The number of carbonyl (C=O) groups excluding carboxylic acids is 2. The highest BCUT2D eigenvalue weighted by molar-refractivity contribution is 6.04. The van der Waals surface area contributed by atoms with Gasteiger partial charge in [0.2, 0.25) is 0 Å². The Labute approximate surface area is 171 Å². The molecule has 0 fully saturated rings. The normalized spacial score (nSPS) is 10.6. The Morgan fingerprint density at radius 2 is 1.72 bits per heavy atom. The Morgan fingerprint density at radius 1 is 1.03 bits per heavy atom. The highest BCUT2D eigenvalue weighted by atomic mass is 16.2. The molecule has 0 saturated carbocycles. The Balaban J connectivity index is 1.77. The van der Waals surface area contributed by atoms with E-state index in [0.29, 0.717) is 23.2 Å². The summed E-state index contributed by atoms with van der Waals surface area (Å²) in [5, 5.41) is 7.27. The lowest BCUT2D eigenvalue weighted by atomic mass is 10.1. The first kappa shape index (κ1) is 20.3. The third kappa shape index (κ3) is 4.51. The minimum Gasteiger partial charge on any atom is -0.322 e. The lowest BCUT2D eigenvalue weighted by Crippen LogP contribution is -2.16. The molecule has 0 atom stereocenters. The predicted octanol–water partition coefficient (Wildman–Crippen LogP) is 4.87. The standard InChI is InChI=1S/C24H25N3O2/c1-15(2)13-22-17(4)26-27(18(22)5)24(29)19-9-11-21(12-10-19)25-23(28)20-8-6-7-16(3)14-20/h6-12,14H,1,13H2,2-5H3,(H,25,28). The van der Waals surface area contributed by atoms with Crippen molar-refractivity contribution < 1.29 is 9.59 Å². The van der Waals surface area contributed by atoms with E-state index in [4.69, 9.17) is 0 Å². The summed E-state index contributed by atoms with van der Waals surface area (Å²) >= 11 is 0. The second kappa shape index (κ2) is 8.27. The van der Waals surface area contributed by atoms with Crippen LogP contribution in [0, 0.1) is 20.8 Å². The average Bonchev–Trinajstić information content (AvgIpc) is 2.96. The van der Waals surface area contributed by atoms with Crippen molar-refractivity contribution in [2.24, 2.45) is 0 Å². The molecule has 1 amide bonds. The van der Waals surface area contributed by atoms with Crippen LogP contribution >= 0.6 is 0 Å². The van der Waals surface area contributed by atoms with Gasteiger partial charge in [-0.05, 0) is 70.5 Å². The highest BCUT2D eigenvalue weighted by Gasteiger charge is 2.18. The minimum atomic E-state index is -0.199. The SMILES string of the molecule is C=C(C)Cc1c(C)nn(C(=O)c2ccc(NC(=O)c3cccc(C)c3)cc2)c1C. The van der Waals surface area contributed by atoms with Gasteiger partial charge in [-0.1, -0.05) is 29.8 Å². The van der Waals surface area contributed by atoms with E-state index in [9.17, 15) is 9.59 Å². The third-order valence-corrected chi connectivity index (χ3v) is 4.78. The fourth-order valence-electron chi connectivity index (χ4n) is 3.24. The van der Waals surface area contributed by atoms with Crippen molar-refractivity contribution in [2.75, 3.05) is 5.32 Å². The lowest BCUT2D eigenvalue weighted by Gasteiger charge is -2.08. The molecule has 3 aromatic rings. The summed E-state index contributed by atoms with van der Waals surface area (Å²) in [6.07, 6.45) is 0.703. The van der Waals surface area contributed by atoms with Gasteiger partial charge in [-0.15, -0.1) is 0 Å². The first-order chi connectivity index (χ1) is 13.8. The number of nitrogens with one attached hydrogen (secondary N) is 1. The number of carbonyl (C=O) groups is 2. The van der Waals surface area contributed by atoms with Crippen LogP contribution in [-0.2, 0) is 6.42 Å². The number of hydrogen-bond acceptors (Lipinski definition) is 3. The van der Waals surface area contributed by atoms with E-state index >= 15 is 0 Å². The van der Waals surface area contributed by atoms with E-state index < -0.39 is 0 Å². The number of benzene rings is 2. The van der Waals surface area contributed by atoms with Crippen molar-refractivity contribution in [3.8, 4) is 0 Å². The quantitative estimate of drug-likeness (QED) is 0.636. The van der Waals surface area contributed by atoms with Crippen molar-refractivity contribution in [3.63, 3.8) is 0 Å². The van der Waals surface area contributed by atoms with E-state index in [2.05, 4.69) is 17.0 Å². The van der Waals surface area contributed by atoms with Crippen molar-refractivity contribution in [1.82, 2.24) is 9.78 Å². The molecule has 148 valence electrons. The Hall–Kier alpha value is -3.47. The van der Waals surface area contributed by atoms with Gasteiger partial charge in [-0.3, -0.25) is 9.59 Å². The summed E-state index contributed by atoms with van der Waals surface area (Å²) < 4.78 is 1.44. The van der Waals surface area contributed by atoms with Crippen LogP contribution in [0.4, 0.5) is 5.69 Å². The van der Waals surface area contributed by atoms with E-state index in [0.717, 1.165) is 28.1 Å². The van der Waals surface area contributed by atoms with Gasteiger partial charge in [0.05, 0.1) is 5.69 Å². The van der Waals surface area contributed by atoms with Crippen LogP contribution in [-0.4, -0.2) is 21.6 Å². The summed E-state index contributed by atoms with van der Waals surface area (Å²) in [5.74, 6) is -0.383. The molecular formula is C24H25N3O2. The average molecular weight is 387 g/mol. The molecule has 1 aromatic heterocycles. The van der Waals surface area contributed by atoms with Crippen LogP contribution in [0.15, 0.2) is 60.7 Å². The van der Waals surface area contributed by atoms with E-state index in [1.807, 2.05) is 45.9 Å². The molecule has 2 aromatic carbocycles. The third-order valence-electron chi connectivity index (χ3n) is 4.78. The van der Waals surface area contributed by atoms with Gasteiger partial charge in [0.25, 0.3) is 11.8 Å². The van der Waals surface area contributed by atoms with Gasteiger partial charge < -0.3 is 5.32 Å². The monoisotopic (exact) mass is 387 g/mol. The van der Waals surface area contributed by atoms with Crippen LogP contribution in [0.3, 0.4) is 0 Å². The second-order valence-corrected chi connectivity index (χ2v) is 7.40. The summed E-state index contributed by atoms with van der Waals surface area (Å²) in [5.41, 5.74) is 6.47. The van der Waals surface area contributed by atoms with Gasteiger partial charge in [0.1, 0.15) is 0 Å². The van der Waals surface area contributed by atoms with Gasteiger partial charge in [-0.25, -0.2) is 4.68 Å². The maximum absolute atomic E-state index is 12.9. The van der Waals surface area contributed by atoms with E-state index in [1.165, 1.54) is 4.68 Å².